The maximum Gasteiger partial charge on any atom is 0.130 e. The third kappa shape index (κ3) is 3.42. The van der Waals surface area contributed by atoms with Gasteiger partial charge >= 0.3 is 0 Å². The Balaban J connectivity index is 1.96. The van der Waals surface area contributed by atoms with E-state index in [2.05, 4.69) is 24.4 Å². The summed E-state index contributed by atoms with van der Waals surface area (Å²) in [6.45, 7) is 4.52. The summed E-state index contributed by atoms with van der Waals surface area (Å²) < 4.78 is 27.3. The van der Waals surface area contributed by atoms with E-state index in [1.165, 1.54) is 29.3 Å². The summed E-state index contributed by atoms with van der Waals surface area (Å²) in [5.41, 5.74) is 2.59. The Morgan fingerprint density at radius 3 is 2.30 bits per heavy atom. The van der Waals surface area contributed by atoms with Crippen LogP contribution < -0.4 is 5.32 Å². The van der Waals surface area contributed by atoms with Gasteiger partial charge < -0.3 is 5.32 Å². The van der Waals surface area contributed by atoms with Crippen LogP contribution in [0.1, 0.15) is 29.7 Å². The number of hydrogen-bond acceptors (Lipinski definition) is 1. The lowest BCUT2D eigenvalue weighted by Crippen LogP contribution is -2.23. The van der Waals surface area contributed by atoms with Crippen LogP contribution in [-0.2, 0) is 6.42 Å². The summed E-state index contributed by atoms with van der Waals surface area (Å²) in [7, 11) is 0. The fourth-order valence-electron chi connectivity index (χ4n) is 2.34. The van der Waals surface area contributed by atoms with Crippen molar-refractivity contribution in [1.29, 1.82) is 0 Å². The van der Waals surface area contributed by atoms with Gasteiger partial charge in [-0.05, 0) is 50.1 Å². The van der Waals surface area contributed by atoms with Gasteiger partial charge in [0.2, 0.25) is 0 Å². The maximum absolute atomic E-state index is 13.6. The van der Waals surface area contributed by atoms with Crippen molar-refractivity contribution in [1.82, 2.24) is 5.32 Å². The molecule has 2 aromatic rings. The van der Waals surface area contributed by atoms with E-state index >= 15 is 0 Å². The molecule has 2 aromatic carbocycles. The molecule has 0 bridgehead atoms. The first kappa shape index (κ1) is 14.7. The predicted octanol–water partition coefficient (Wildman–Crippen LogP) is 4.17. The van der Waals surface area contributed by atoms with E-state index in [1.54, 1.807) is 6.92 Å². The van der Waals surface area contributed by atoms with Gasteiger partial charge in [-0.3, -0.25) is 0 Å². The molecule has 1 nitrogen and oxygen atoms in total. The van der Waals surface area contributed by atoms with Crippen molar-refractivity contribution in [2.45, 2.75) is 26.3 Å². The van der Waals surface area contributed by atoms with E-state index in [9.17, 15) is 8.78 Å². The van der Waals surface area contributed by atoms with Crippen LogP contribution in [0, 0.1) is 18.6 Å². The minimum Gasteiger partial charge on any atom is -0.310 e. The Morgan fingerprint density at radius 2 is 1.65 bits per heavy atom. The molecule has 3 heteroatoms. The minimum absolute atomic E-state index is 0.109. The van der Waals surface area contributed by atoms with Gasteiger partial charge in [0.05, 0.1) is 0 Å². The van der Waals surface area contributed by atoms with Crippen molar-refractivity contribution in [2.24, 2.45) is 0 Å². The molecule has 0 aromatic heterocycles. The fraction of sp³-hybridized carbons (Fsp3) is 0.294. The number of hydrogen-bond donors (Lipinski definition) is 1. The van der Waals surface area contributed by atoms with Crippen molar-refractivity contribution in [3.63, 3.8) is 0 Å². The molecule has 106 valence electrons. The molecule has 0 saturated heterocycles. The van der Waals surface area contributed by atoms with Gasteiger partial charge in [-0.2, -0.15) is 0 Å². The van der Waals surface area contributed by atoms with E-state index in [0.29, 0.717) is 6.54 Å². The van der Waals surface area contributed by atoms with Crippen molar-refractivity contribution in [3.8, 4) is 0 Å². The number of aryl methyl sites for hydroxylation is 1. The summed E-state index contributed by atoms with van der Waals surface area (Å²) in [6, 6.07) is 11.8. The average Bonchev–Trinajstić information content (AvgIpc) is 2.41. The van der Waals surface area contributed by atoms with Gasteiger partial charge in [0, 0.05) is 11.6 Å². The summed E-state index contributed by atoms with van der Waals surface area (Å²) in [4.78, 5) is 0. The molecule has 2 rings (SSSR count). The summed E-state index contributed by atoms with van der Waals surface area (Å²) in [5.74, 6) is -0.998. The van der Waals surface area contributed by atoms with Crippen molar-refractivity contribution in [3.05, 3.63) is 70.8 Å². The van der Waals surface area contributed by atoms with E-state index in [0.717, 1.165) is 6.42 Å². The monoisotopic (exact) mass is 275 g/mol. The first-order valence-corrected chi connectivity index (χ1v) is 6.81. The Kier molecular flexibility index (Phi) is 4.85. The second-order valence-electron chi connectivity index (χ2n) is 4.99. The first-order chi connectivity index (χ1) is 9.59. The van der Waals surface area contributed by atoms with Crippen LogP contribution in [0.2, 0.25) is 0 Å². The Hall–Kier alpha value is -1.74. The smallest absolute Gasteiger partial charge is 0.130 e. The van der Waals surface area contributed by atoms with Gasteiger partial charge in [-0.25, -0.2) is 8.78 Å². The van der Waals surface area contributed by atoms with Gasteiger partial charge in [-0.1, -0.05) is 30.3 Å². The topological polar surface area (TPSA) is 12.0 Å². The molecule has 0 aliphatic carbocycles. The molecule has 0 radical (unpaired) electrons. The standard InChI is InChI=1S/C17H19F2N/c1-12-6-3-4-7-14(12)10-11-20-13(2)17-15(18)8-5-9-16(17)19/h3-9,13,20H,10-11H2,1-2H3. The fourth-order valence-corrected chi connectivity index (χ4v) is 2.34. The third-order valence-corrected chi connectivity index (χ3v) is 3.54. The van der Waals surface area contributed by atoms with Crippen LogP contribution in [0.25, 0.3) is 0 Å². The second-order valence-corrected chi connectivity index (χ2v) is 4.99. The molecule has 0 heterocycles. The van der Waals surface area contributed by atoms with Crippen LogP contribution in [-0.4, -0.2) is 6.54 Å². The van der Waals surface area contributed by atoms with Gasteiger partial charge in [0.1, 0.15) is 11.6 Å². The van der Waals surface area contributed by atoms with Gasteiger partial charge in [0.15, 0.2) is 0 Å². The van der Waals surface area contributed by atoms with Crippen LogP contribution in [0.15, 0.2) is 42.5 Å². The number of benzene rings is 2. The molecular weight excluding hydrogens is 256 g/mol. The molecule has 0 saturated carbocycles. The molecule has 1 N–H and O–H groups in total. The average molecular weight is 275 g/mol. The molecule has 20 heavy (non-hydrogen) atoms. The van der Waals surface area contributed by atoms with E-state index in [1.807, 2.05) is 12.1 Å². The molecule has 0 fully saturated rings. The Morgan fingerprint density at radius 1 is 1.00 bits per heavy atom. The molecule has 1 unspecified atom stereocenters. The normalized spacial score (nSPS) is 12.4. The Bertz CT molecular complexity index is 561. The van der Waals surface area contributed by atoms with Crippen LogP contribution in [0.5, 0.6) is 0 Å². The molecule has 0 amide bonds. The highest BCUT2D eigenvalue weighted by atomic mass is 19.1. The predicted molar refractivity (Wildman–Crippen MR) is 77.7 cm³/mol. The van der Waals surface area contributed by atoms with Crippen LogP contribution >= 0.6 is 0 Å². The molecule has 0 aliphatic heterocycles. The molecule has 0 aliphatic rings. The SMILES string of the molecule is Cc1ccccc1CCNC(C)c1c(F)cccc1F. The number of nitrogens with one attached hydrogen (secondary N) is 1. The largest absolute Gasteiger partial charge is 0.310 e. The zero-order valence-electron chi connectivity index (χ0n) is 11.8. The minimum atomic E-state index is -0.499. The quantitative estimate of drug-likeness (QED) is 0.863. The van der Waals surface area contributed by atoms with Crippen molar-refractivity contribution >= 4 is 0 Å². The van der Waals surface area contributed by atoms with E-state index in [4.69, 9.17) is 0 Å². The first-order valence-electron chi connectivity index (χ1n) is 6.81. The van der Waals surface area contributed by atoms with Crippen molar-refractivity contribution < 1.29 is 8.78 Å². The third-order valence-electron chi connectivity index (χ3n) is 3.54. The summed E-state index contributed by atoms with van der Waals surface area (Å²) >= 11 is 0. The number of halogens is 2. The lowest BCUT2D eigenvalue weighted by Gasteiger charge is -2.16. The molecular formula is C17H19F2N. The van der Waals surface area contributed by atoms with Crippen LogP contribution in [0.4, 0.5) is 8.78 Å². The lowest BCUT2D eigenvalue weighted by atomic mass is 10.0. The molecule has 1 atom stereocenters. The number of rotatable bonds is 5. The zero-order chi connectivity index (χ0) is 14.5. The second kappa shape index (κ2) is 6.62. The highest BCUT2D eigenvalue weighted by molar-refractivity contribution is 5.26. The van der Waals surface area contributed by atoms with Gasteiger partial charge in [0.25, 0.3) is 0 Å². The van der Waals surface area contributed by atoms with Crippen LogP contribution in [0.3, 0.4) is 0 Å². The zero-order valence-corrected chi connectivity index (χ0v) is 11.8. The molecule has 0 spiro atoms. The Labute approximate surface area is 118 Å². The highest BCUT2D eigenvalue weighted by Crippen LogP contribution is 2.20. The highest BCUT2D eigenvalue weighted by Gasteiger charge is 2.15. The summed E-state index contributed by atoms with van der Waals surface area (Å²) in [6.07, 6.45) is 0.840. The van der Waals surface area contributed by atoms with Crippen molar-refractivity contribution in [2.75, 3.05) is 6.54 Å². The van der Waals surface area contributed by atoms with E-state index in [-0.39, 0.29) is 11.6 Å². The summed E-state index contributed by atoms with van der Waals surface area (Å²) in [5, 5.41) is 3.18. The maximum atomic E-state index is 13.6. The van der Waals surface area contributed by atoms with Gasteiger partial charge in [-0.15, -0.1) is 0 Å². The van der Waals surface area contributed by atoms with E-state index < -0.39 is 11.6 Å². The lowest BCUT2D eigenvalue weighted by molar-refractivity contribution is 0.490.